The van der Waals surface area contributed by atoms with Gasteiger partial charge in [-0.15, -0.1) is 6.42 Å². The predicted molar refractivity (Wildman–Crippen MR) is 62.6 cm³/mol. The molecule has 0 N–H and O–H groups in total. The minimum Gasteiger partial charge on any atom is -0.364 e. The fraction of sp³-hybridized carbons (Fsp3) is 0.214. The van der Waals surface area contributed by atoms with Gasteiger partial charge in [-0.25, -0.2) is 0 Å². The summed E-state index contributed by atoms with van der Waals surface area (Å²) in [6, 6.07) is 7.62. The summed E-state index contributed by atoms with van der Waals surface area (Å²) in [6.07, 6.45) is 10.0. The first-order valence-electron chi connectivity index (χ1n) is 5.04. The Balaban J connectivity index is 2.68. The molecule has 80 valence electrons. The van der Waals surface area contributed by atoms with E-state index in [1.165, 1.54) is 7.11 Å². The number of hydrogen-bond acceptors (Lipinski definition) is 2. The third-order valence-corrected chi connectivity index (χ3v) is 3.00. The summed E-state index contributed by atoms with van der Waals surface area (Å²) in [6.45, 7) is 0. The Hall–Kier alpha value is -1.85. The second-order valence-corrected chi connectivity index (χ2v) is 3.71. The first-order valence-corrected chi connectivity index (χ1v) is 5.04. The monoisotopic (exact) mass is 212 g/mol. The lowest BCUT2D eigenvalue weighted by molar-refractivity contribution is -0.131. The van der Waals surface area contributed by atoms with Gasteiger partial charge < -0.3 is 4.74 Å². The summed E-state index contributed by atoms with van der Waals surface area (Å²) >= 11 is 0. The maximum Gasteiger partial charge on any atom is 0.165 e. The third-order valence-electron chi connectivity index (χ3n) is 3.00. The van der Waals surface area contributed by atoms with Crippen molar-refractivity contribution in [2.24, 2.45) is 5.92 Å². The standard InChI is InChI=1S/C14H12O2/c1-3-12-9-8-11-6-4-5-7-13(11)14(12,10-15)16-2/h1,4-10,12H,2H3. The third kappa shape index (κ3) is 1.30. The second-order valence-electron chi connectivity index (χ2n) is 3.71. The summed E-state index contributed by atoms with van der Waals surface area (Å²) in [5, 5.41) is 0. The van der Waals surface area contributed by atoms with E-state index >= 15 is 0 Å². The molecule has 0 saturated carbocycles. The second kappa shape index (κ2) is 3.96. The summed E-state index contributed by atoms with van der Waals surface area (Å²) in [5.74, 6) is 2.24. The molecule has 0 radical (unpaired) electrons. The predicted octanol–water partition coefficient (Wildman–Crippen LogP) is 2.00. The van der Waals surface area contributed by atoms with Gasteiger partial charge in [-0.2, -0.15) is 0 Å². The summed E-state index contributed by atoms with van der Waals surface area (Å²) in [4.78, 5) is 11.4. The number of fused-ring (bicyclic) bond motifs is 1. The number of rotatable bonds is 2. The smallest absolute Gasteiger partial charge is 0.165 e. The zero-order chi connectivity index (χ0) is 11.6. The Bertz CT molecular complexity index is 482. The Morgan fingerprint density at radius 2 is 2.25 bits per heavy atom. The van der Waals surface area contributed by atoms with Gasteiger partial charge in [-0.3, -0.25) is 4.79 Å². The molecule has 2 nitrogen and oxygen atoms in total. The van der Waals surface area contributed by atoms with Crippen LogP contribution in [-0.4, -0.2) is 13.4 Å². The molecular formula is C14H12O2. The molecule has 1 aromatic carbocycles. The summed E-state index contributed by atoms with van der Waals surface area (Å²) in [5.41, 5.74) is 0.765. The minimum absolute atomic E-state index is 0.357. The van der Waals surface area contributed by atoms with Crippen LogP contribution >= 0.6 is 0 Å². The van der Waals surface area contributed by atoms with Crippen molar-refractivity contribution in [2.45, 2.75) is 5.60 Å². The number of terminal acetylenes is 1. The average molecular weight is 212 g/mol. The number of aldehydes is 1. The molecule has 0 bridgehead atoms. The molecule has 0 aliphatic heterocycles. The minimum atomic E-state index is -1.04. The van der Waals surface area contributed by atoms with E-state index in [1.54, 1.807) is 0 Å². The lowest BCUT2D eigenvalue weighted by Gasteiger charge is -2.34. The van der Waals surface area contributed by atoms with E-state index in [4.69, 9.17) is 11.2 Å². The Kier molecular flexibility index (Phi) is 2.64. The highest BCUT2D eigenvalue weighted by Crippen LogP contribution is 2.38. The van der Waals surface area contributed by atoms with Gasteiger partial charge in [0.15, 0.2) is 11.9 Å². The SMILES string of the molecule is C#CC1C=Cc2ccccc2C1(C=O)OC. The highest BCUT2D eigenvalue weighted by atomic mass is 16.5. The first kappa shape index (κ1) is 10.7. The lowest BCUT2D eigenvalue weighted by atomic mass is 9.76. The van der Waals surface area contributed by atoms with Crippen molar-refractivity contribution in [3.8, 4) is 12.3 Å². The Morgan fingerprint density at radius 3 is 2.88 bits per heavy atom. The summed E-state index contributed by atoms with van der Waals surface area (Å²) < 4.78 is 5.40. The summed E-state index contributed by atoms with van der Waals surface area (Å²) in [7, 11) is 1.51. The van der Waals surface area contributed by atoms with Gasteiger partial charge in [0, 0.05) is 7.11 Å². The van der Waals surface area contributed by atoms with Crippen molar-refractivity contribution in [1.82, 2.24) is 0 Å². The van der Waals surface area contributed by atoms with Gasteiger partial charge >= 0.3 is 0 Å². The molecule has 0 saturated heterocycles. The number of benzene rings is 1. The Labute approximate surface area is 94.9 Å². The molecule has 0 spiro atoms. The number of methoxy groups -OCH3 is 1. The molecule has 0 aromatic heterocycles. The normalized spacial score (nSPS) is 26.9. The molecule has 0 amide bonds. The largest absolute Gasteiger partial charge is 0.364 e. The van der Waals surface area contributed by atoms with Gasteiger partial charge in [-0.1, -0.05) is 42.3 Å². The van der Waals surface area contributed by atoms with Crippen molar-refractivity contribution in [3.63, 3.8) is 0 Å². The molecule has 16 heavy (non-hydrogen) atoms. The molecule has 0 heterocycles. The van der Waals surface area contributed by atoms with Gasteiger partial charge in [-0.05, 0) is 11.1 Å². The maximum absolute atomic E-state index is 11.4. The highest BCUT2D eigenvalue weighted by molar-refractivity contribution is 5.75. The quantitative estimate of drug-likeness (QED) is 0.553. The fourth-order valence-corrected chi connectivity index (χ4v) is 2.11. The van der Waals surface area contributed by atoms with Gasteiger partial charge in [0.25, 0.3) is 0 Å². The van der Waals surface area contributed by atoms with Crippen molar-refractivity contribution in [2.75, 3.05) is 7.11 Å². The van der Waals surface area contributed by atoms with Crippen LogP contribution in [0.1, 0.15) is 11.1 Å². The van der Waals surface area contributed by atoms with Crippen LogP contribution in [0.15, 0.2) is 30.3 Å². The molecule has 2 unspecified atom stereocenters. The van der Waals surface area contributed by atoms with E-state index in [1.807, 2.05) is 36.4 Å². The van der Waals surface area contributed by atoms with E-state index in [2.05, 4.69) is 5.92 Å². The van der Waals surface area contributed by atoms with E-state index in [9.17, 15) is 4.79 Å². The molecule has 1 aromatic rings. The van der Waals surface area contributed by atoms with E-state index in [0.29, 0.717) is 0 Å². The Morgan fingerprint density at radius 1 is 1.50 bits per heavy atom. The molecule has 1 aliphatic rings. The number of carbonyl (C=O) groups is 1. The van der Waals surface area contributed by atoms with E-state index in [0.717, 1.165) is 17.4 Å². The van der Waals surface area contributed by atoms with Crippen LogP contribution in [0.2, 0.25) is 0 Å². The molecular weight excluding hydrogens is 200 g/mol. The zero-order valence-corrected chi connectivity index (χ0v) is 9.01. The molecule has 2 atom stereocenters. The lowest BCUT2D eigenvalue weighted by Crippen LogP contribution is -2.39. The topological polar surface area (TPSA) is 26.3 Å². The van der Waals surface area contributed by atoms with Crippen molar-refractivity contribution < 1.29 is 9.53 Å². The number of hydrogen-bond donors (Lipinski definition) is 0. The van der Waals surface area contributed by atoms with Crippen LogP contribution in [0.4, 0.5) is 0 Å². The van der Waals surface area contributed by atoms with Crippen molar-refractivity contribution in [1.29, 1.82) is 0 Å². The first-order chi connectivity index (χ1) is 7.78. The van der Waals surface area contributed by atoms with Crippen LogP contribution in [-0.2, 0) is 15.1 Å². The van der Waals surface area contributed by atoms with E-state index < -0.39 is 5.60 Å². The highest BCUT2D eigenvalue weighted by Gasteiger charge is 2.41. The zero-order valence-electron chi connectivity index (χ0n) is 9.01. The molecule has 0 fully saturated rings. The van der Waals surface area contributed by atoms with Crippen molar-refractivity contribution in [3.05, 3.63) is 41.5 Å². The number of carbonyl (C=O) groups excluding carboxylic acids is 1. The molecule has 2 heteroatoms. The maximum atomic E-state index is 11.4. The van der Waals surface area contributed by atoms with Crippen molar-refractivity contribution >= 4 is 12.4 Å². The number of ether oxygens (including phenoxy) is 1. The molecule has 2 rings (SSSR count). The fourth-order valence-electron chi connectivity index (χ4n) is 2.11. The van der Waals surface area contributed by atoms with Crippen LogP contribution < -0.4 is 0 Å². The van der Waals surface area contributed by atoms with Crippen LogP contribution in [0.5, 0.6) is 0 Å². The molecule has 1 aliphatic carbocycles. The average Bonchev–Trinajstić information content (AvgIpc) is 2.37. The van der Waals surface area contributed by atoms with Crippen LogP contribution in [0, 0.1) is 18.3 Å². The van der Waals surface area contributed by atoms with Gasteiger partial charge in [0.05, 0.1) is 5.92 Å². The van der Waals surface area contributed by atoms with Gasteiger partial charge in [0.1, 0.15) is 0 Å². The van der Waals surface area contributed by atoms with Crippen LogP contribution in [0.25, 0.3) is 6.08 Å². The van der Waals surface area contributed by atoms with Crippen LogP contribution in [0.3, 0.4) is 0 Å². The van der Waals surface area contributed by atoms with E-state index in [-0.39, 0.29) is 5.92 Å². The van der Waals surface area contributed by atoms with Gasteiger partial charge in [0.2, 0.25) is 0 Å².